The lowest BCUT2D eigenvalue weighted by atomic mass is 10.0. The summed E-state index contributed by atoms with van der Waals surface area (Å²) in [6.07, 6.45) is -6.12. The van der Waals surface area contributed by atoms with Crippen LogP contribution in [0.2, 0.25) is 0 Å². The lowest BCUT2D eigenvalue weighted by molar-refractivity contribution is -0.171. The quantitative estimate of drug-likeness (QED) is 0.706. The fraction of sp³-hybridized carbons (Fsp3) is 0.222. The van der Waals surface area contributed by atoms with Crippen LogP contribution in [0.1, 0.15) is 6.42 Å². The molecule has 0 spiro atoms. The van der Waals surface area contributed by atoms with Gasteiger partial charge in [0.05, 0.1) is 18.7 Å². The fourth-order valence-electron chi connectivity index (χ4n) is 2.58. The van der Waals surface area contributed by atoms with Crippen LogP contribution in [0.4, 0.5) is 18.9 Å². The molecule has 0 bridgehead atoms. The maximum absolute atomic E-state index is 13.2. The lowest BCUT2D eigenvalue weighted by Crippen LogP contribution is -2.46. The molecule has 2 aromatic rings. The third-order valence-corrected chi connectivity index (χ3v) is 4.69. The molecule has 0 saturated carbocycles. The van der Waals surface area contributed by atoms with E-state index in [1.807, 2.05) is 0 Å². The number of para-hydroxylation sites is 1. The molecule has 1 N–H and O–H groups in total. The van der Waals surface area contributed by atoms with Gasteiger partial charge in [-0.2, -0.15) is 21.6 Å². The first-order valence-corrected chi connectivity index (χ1v) is 9.51. The van der Waals surface area contributed by atoms with Gasteiger partial charge in [0.1, 0.15) is 4.90 Å². The Morgan fingerprint density at radius 1 is 1.07 bits per heavy atom. The number of carbonyl (C=O) groups is 2. The lowest BCUT2D eigenvalue weighted by Gasteiger charge is -2.26. The molecule has 0 aromatic heterocycles. The summed E-state index contributed by atoms with van der Waals surface area (Å²) in [6, 6.07) is 10.8. The number of hydrogen-bond donors (Lipinski definition) is 1. The van der Waals surface area contributed by atoms with Crippen molar-refractivity contribution in [3.63, 3.8) is 0 Å². The van der Waals surface area contributed by atoms with Crippen molar-refractivity contribution in [3.8, 4) is 11.1 Å². The van der Waals surface area contributed by atoms with Crippen LogP contribution < -0.4 is 4.90 Å². The molecular formula is C18H16F3NO6S. The summed E-state index contributed by atoms with van der Waals surface area (Å²) in [5, 5.41) is 0. The number of imide groups is 1. The summed E-state index contributed by atoms with van der Waals surface area (Å²) >= 11 is 0. The Morgan fingerprint density at radius 3 is 2.21 bits per heavy atom. The zero-order chi connectivity index (χ0) is 21.8. The van der Waals surface area contributed by atoms with Crippen LogP contribution >= 0.6 is 0 Å². The Hall–Kier alpha value is -2.76. The fourth-order valence-corrected chi connectivity index (χ4v) is 3.28. The predicted molar refractivity (Wildman–Crippen MR) is 96.7 cm³/mol. The standard InChI is InChI=1S/C18H16F3NO6S/c1-28-11-10-15(23)22(17(24)18(19,20)21)16-13(12-6-3-2-4-7-12)8-5-9-14(16)29(25,26)27/h2-9H,10-11H2,1H3,(H,25,26,27). The maximum Gasteiger partial charge on any atom is 0.472 e. The number of methoxy groups -OCH3 is 1. The molecule has 2 rings (SSSR count). The van der Waals surface area contributed by atoms with E-state index >= 15 is 0 Å². The Kier molecular flexibility index (Phi) is 6.77. The van der Waals surface area contributed by atoms with Gasteiger partial charge in [0.15, 0.2) is 0 Å². The van der Waals surface area contributed by atoms with Crippen LogP contribution in [0, 0.1) is 0 Å². The highest BCUT2D eigenvalue weighted by Gasteiger charge is 2.47. The molecule has 29 heavy (non-hydrogen) atoms. The van der Waals surface area contributed by atoms with Crippen molar-refractivity contribution in [2.75, 3.05) is 18.6 Å². The molecule has 7 nitrogen and oxygen atoms in total. The minimum atomic E-state index is -5.48. The molecule has 0 aliphatic heterocycles. The highest BCUT2D eigenvalue weighted by atomic mass is 32.2. The van der Waals surface area contributed by atoms with Crippen molar-refractivity contribution in [1.29, 1.82) is 0 Å². The molecular weight excluding hydrogens is 415 g/mol. The van der Waals surface area contributed by atoms with Crippen molar-refractivity contribution in [2.24, 2.45) is 0 Å². The number of carbonyl (C=O) groups excluding carboxylic acids is 2. The summed E-state index contributed by atoms with van der Waals surface area (Å²) in [4.78, 5) is 23.3. The molecule has 0 heterocycles. The monoisotopic (exact) mass is 431 g/mol. The van der Waals surface area contributed by atoms with E-state index in [4.69, 9.17) is 0 Å². The number of alkyl halides is 3. The average Bonchev–Trinajstić information content (AvgIpc) is 2.65. The third kappa shape index (κ3) is 5.19. The van der Waals surface area contributed by atoms with E-state index in [2.05, 4.69) is 4.74 Å². The topological polar surface area (TPSA) is 101 Å². The number of halogens is 3. The van der Waals surface area contributed by atoms with Crippen molar-refractivity contribution >= 4 is 27.6 Å². The molecule has 0 atom stereocenters. The summed E-state index contributed by atoms with van der Waals surface area (Å²) in [5.74, 6) is -3.94. The number of ether oxygens (including phenoxy) is 1. The maximum atomic E-state index is 13.2. The Labute approximate surface area is 164 Å². The molecule has 0 unspecified atom stereocenters. The molecule has 156 valence electrons. The van der Waals surface area contributed by atoms with Crippen LogP contribution in [0.15, 0.2) is 53.4 Å². The normalized spacial score (nSPS) is 11.9. The van der Waals surface area contributed by atoms with Gasteiger partial charge in [0, 0.05) is 12.7 Å². The summed E-state index contributed by atoms with van der Waals surface area (Å²) in [6.45, 7) is -0.310. The van der Waals surface area contributed by atoms with Gasteiger partial charge in [0.25, 0.3) is 10.1 Å². The second kappa shape index (κ2) is 8.72. The largest absolute Gasteiger partial charge is 0.472 e. The van der Waals surface area contributed by atoms with E-state index in [1.54, 1.807) is 6.07 Å². The van der Waals surface area contributed by atoms with Gasteiger partial charge in [-0.05, 0) is 11.6 Å². The van der Waals surface area contributed by atoms with Crippen LogP contribution in [-0.4, -0.2) is 44.7 Å². The highest BCUT2D eigenvalue weighted by molar-refractivity contribution is 7.86. The number of amides is 2. The Morgan fingerprint density at radius 2 is 1.69 bits per heavy atom. The van der Waals surface area contributed by atoms with Gasteiger partial charge in [-0.15, -0.1) is 0 Å². The van der Waals surface area contributed by atoms with Crippen LogP contribution in [0.25, 0.3) is 11.1 Å². The minimum absolute atomic E-state index is 0.163. The molecule has 0 aliphatic rings. The van der Waals surface area contributed by atoms with Gasteiger partial charge in [-0.25, -0.2) is 4.90 Å². The molecule has 0 radical (unpaired) electrons. The van der Waals surface area contributed by atoms with Crippen molar-refractivity contribution in [2.45, 2.75) is 17.5 Å². The number of anilines is 1. The molecule has 0 aliphatic carbocycles. The molecule has 2 aromatic carbocycles. The average molecular weight is 431 g/mol. The van der Waals surface area contributed by atoms with E-state index in [0.29, 0.717) is 0 Å². The van der Waals surface area contributed by atoms with E-state index < -0.39 is 45.1 Å². The molecule has 2 amide bonds. The number of hydrogen-bond acceptors (Lipinski definition) is 5. The zero-order valence-corrected chi connectivity index (χ0v) is 15.8. The first-order valence-electron chi connectivity index (χ1n) is 8.07. The van der Waals surface area contributed by atoms with Crippen LogP contribution in [0.5, 0.6) is 0 Å². The van der Waals surface area contributed by atoms with E-state index in [1.165, 1.54) is 43.5 Å². The van der Waals surface area contributed by atoms with E-state index in [9.17, 15) is 35.7 Å². The minimum Gasteiger partial charge on any atom is -0.384 e. The van der Waals surface area contributed by atoms with Crippen molar-refractivity contribution in [3.05, 3.63) is 48.5 Å². The van der Waals surface area contributed by atoms with Gasteiger partial charge in [-0.3, -0.25) is 14.1 Å². The van der Waals surface area contributed by atoms with Crippen molar-refractivity contribution in [1.82, 2.24) is 0 Å². The summed E-state index contributed by atoms with van der Waals surface area (Å²) < 4.78 is 77.6. The molecule has 0 saturated heterocycles. The smallest absolute Gasteiger partial charge is 0.384 e. The Bertz CT molecular complexity index is 1010. The second-order valence-corrected chi connectivity index (χ2v) is 7.16. The van der Waals surface area contributed by atoms with Gasteiger partial charge in [0.2, 0.25) is 5.91 Å². The third-order valence-electron chi connectivity index (χ3n) is 3.80. The van der Waals surface area contributed by atoms with Crippen molar-refractivity contribution < 1.29 is 40.5 Å². The van der Waals surface area contributed by atoms with E-state index in [0.717, 1.165) is 6.07 Å². The van der Waals surface area contributed by atoms with E-state index in [-0.39, 0.29) is 22.6 Å². The van der Waals surface area contributed by atoms with Gasteiger partial charge in [-0.1, -0.05) is 42.5 Å². The van der Waals surface area contributed by atoms with Crippen LogP contribution in [-0.2, 0) is 24.4 Å². The molecule has 0 fully saturated rings. The Balaban J connectivity index is 2.86. The van der Waals surface area contributed by atoms with Crippen LogP contribution in [0.3, 0.4) is 0 Å². The second-order valence-electron chi connectivity index (χ2n) is 5.77. The van der Waals surface area contributed by atoms with Gasteiger partial charge >= 0.3 is 12.1 Å². The SMILES string of the molecule is COCCC(=O)N(C(=O)C(F)(F)F)c1c(-c2ccccc2)cccc1S(=O)(=O)O. The predicted octanol–water partition coefficient (Wildman–Crippen LogP) is 3.06. The van der Waals surface area contributed by atoms with Gasteiger partial charge < -0.3 is 4.74 Å². The number of rotatable bonds is 6. The summed E-state index contributed by atoms with van der Waals surface area (Å²) in [5.41, 5.74) is -0.818. The number of nitrogens with zero attached hydrogens (tertiary/aromatic N) is 1. The first kappa shape index (κ1) is 22.5. The highest BCUT2D eigenvalue weighted by Crippen LogP contribution is 2.38. The zero-order valence-electron chi connectivity index (χ0n) is 15.0. The molecule has 11 heteroatoms. The first-order chi connectivity index (χ1) is 13.5. The number of benzene rings is 2. The summed E-state index contributed by atoms with van der Waals surface area (Å²) in [7, 11) is -3.89.